The largest absolute Gasteiger partial charge is 0.489 e. The van der Waals surface area contributed by atoms with Crippen LogP contribution in [0.25, 0.3) is 0 Å². The predicted octanol–water partition coefficient (Wildman–Crippen LogP) is 5.32. The lowest BCUT2D eigenvalue weighted by molar-refractivity contribution is 0.102. The van der Waals surface area contributed by atoms with Crippen molar-refractivity contribution in [2.45, 2.75) is 11.5 Å². The molecule has 0 bridgehead atoms. The Balaban J connectivity index is 1.34. The Kier molecular flexibility index (Phi) is 6.71. The summed E-state index contributed by atoms with van der Waals surface area (Å²) in [4.78, 5) is 12.7. The molecule has 0 aliphatic heterocycles. The van der Waals surface area contributed by atoms with Crippen LogP contribution in [0, 0.1) is 0 Å². The molecule has 0 spiro atoms. The zero-order valence-electron chi connectivity index (χ0n) is 17.6. The molecular weight excluding hydrogens is 436 g/mol. The Morgan fingerprint density at radius 2 is 1.27 bits per heavy atom. The fraction of sp³-hybridized carbons (Fsp3) is 0.0385. The number of nitrogens with one attached hydrogen (secondary N) is 2. The number of benzene rings is 4. The van der Waals surface area contributed by atoms with Gasteiger partial charge in [0.05, 0.1) is 4.90 Å². The van der Waals surface area contributed by atoms with Crippen molar-refractivity contribution in [3.8, 4) is 5.75 Å². The van der Waals surface area contributed by atoms with Crippen LogP contribution in [0.5, 0.6) is 5.75 Å². The summed E-state index contributed by atoms with van der Waals surface area (Å²) in [6.45, 7) is 0.465. The molecule has 33 heavy (non-hydrogen) atoms. The summed E-state index contributed by atoms with van der Waals surface area (Å²) < 4.78 is 33.1. The van der Waals surface area contributed by atoms with E-state index in [1.165, 1.54) is 12.1 Å². The standard InChI is InChI=1S/C26H22N2O4S/c29-26(27-22-15-17-24(18-16-22)32-19-20-7-3-1-4-8-20)21-11-13-23(14-12-21)28-33(30,31)25-9-5-2-6-10-25/h1-18,28H,19H2,(H,27,29). The Bertz CT molecular complexity index is 1310. The maximum atomic E-state index is 12.5. The van der Waals surface area contributed by atoms with Gasteiger partial charge in [-0.3, -0.25) is 9.52 Å². The highest BCUT2D eigenvalue weighted by molar-refractivity contribution is 7.92. The third kappa shape index (κ3) is 5.99. The summed E-state index contributed by atoms with van der Waals surface area (Å²) >= 11 is 0. The quantitative estimate of drug-likeness (QED) is 0.374. The van der Waals surface area contributed by atoms with Crippen molar-refractivity contribution in [3.63, 3.8) is 0 Å². The first-order valence-corrected chi connectivity index (χ1v) is 11.7. The second-order valence-electron chi connectivity index (χ2n) is 7.25. The van der Waals surface area contributed by atoms with Gasteiger partial charge in [-0.2, -0.15) is 0 Å². The van der Waals surface area contributed by atoms with Crippen LogP contribution in [0.15, 0.2) is 114 Å². The molecule has 2 N–H and O–H groups in total. The van der Waals surface area contributed by atoms with Gasteiger partial charge < -0.3 is 10.1 Å². The van der Waals surface area contributed by atoms with Crippen LogP contribution >= 0.6 is 0 Å². The minimum Gasteiger partial charge on any atom is -0.489 e. The summed E-state index contributed by atoms with van der Waals surface area (Å²) in [7, 11) is -3.68. The van der Waals surface area contributed by atoms with E-state index in [0.29, 0.717) is 29.3 Å². The first-order valence-electron chi connectivity index (χ1n) is 10.3. The minimum absolute atomic E-state index is 0.169. The third-order valence-electron chi connectivity index (χ3n) is 4.81. The molecule has 7 heteroatoms. The summed E-state index contributed by atoms with van der Waals surface area (Å²) in [5.74, 6) is 0.400. The van der Waals surface area contributed by atoms with Crippen molar-refractivity contribution in [2.75, 3.05) is 10.0 Å². The Hall–Kier alpha value is -4.10. The van der Waals surface area contributed by atoms with Crippen LogP contribution in [0.3, 0.4) is 0 Å². The molecule has 0 aliphatic rings. The lowest BCUT2D eigenvalue weighted by Gasteiger charge is -2.10. The molecule has 4 rings (SSSR count). The smallest absolute Gasteiger partial charge is 0.261 e. The van der Waals surface area contributed by atoms with E-state index in [-0.39, 0.29) is 10.8 Å². The van der Waals surface area contributed by atoms with E-state index in [9.17, 15) is 13.2 Å². The fourth-order valence-electron chi connectivity index (χ4n) is 3.08. The fourth-order valence-corrected chi connectivity index (χ4v) is 4.16. The van der Waals surface area contributed by atoms with Crippen molar-refractivity contribution in [1.29, 1.82) is 0 Å². The highest BCUT2D eigenvalue weighted by Crippen LogP contribution is 2.19. The SMILES string of the molecule is O=C(Nc1ccc(OCc2ccccc2)cc1)c1ccc(NS(=O)(=O)c2ccccc2)cc1. The van der Waals surface area contributed by atoms with Gasteiger partial charge in [-0.25, -0.2) is 8.42 Å². The van der Waals surface area contributed by atoms with Crippen molar-refractivity contribution in [2.24, 2.45) is 0 Å². The van der Waals surface area contributed by atoms with Gasteiger partial charge in [-0.1, -0.05) is 48.5 Å². The number of hydrogen-bond acceptors (Lipinski definition) is 4. The lowest BCUT2D eigenvalue weighted by Crippen LogP contribution is -2.14. The van der Waals surface area contributed by atoms with Crippen LogP contribution in [0.4, 0.5) is 11.4 Å². The summed E-state index contributed by atoms with van der Waals surface area (Å²) in [6.07, 6.45) is 0. The first kappa shape index (κ1) is 22.1. The lowest BCUT2D eigenvalue weighted by atomic mass is 10.2. The number of amides is 1. The van der Waals surface area contributed by atoms with E-state index < -0.39 is 10.0 Å². The molecule has 0 unspecified atom stereocenters. The average Bonchev–Trinajstić information content (AvgIpc) is 2.85. The number of carbonyl (C=O) groups excluding carboxylic acids is 1. The van der Waals surface area contributed by atoms with E-state index in [2.05, 4.69) is 10.0 Å². The van der Waals surface area contributed by atoms with Gasteiger partial charge in [0.1, 0.15) is 12.4 Å². The van der Waals surface area contributed by atoms with Gasteiger partial charge in [-0.15, -0.1) is 0 Å². The molecule has 0 saturated heterocycles. The highest BCUT2D eigenvalue weighted by atomic mass is 32.2. The molecule has 0 radical (unpaired) electrons. The number of anilines is 2. The molecule has 0 aromatic heterocycles. The zero-order valence-corrected chi connectivity index (χ0v) is 18.5. The zero-order chi connectivity index (χ0) is 23.1. The van der Waals surface area contributed by atoms with Gasteiger partial charge in [0, 0.05) is 16.9 Å². The topological polar surface area (TPSA) is 84.5 Å². The van der Waals surface area contributed by atoms with Crippen molar-refractivity contribution < 1.29 is 17.9 Å². The summed E-state index contributed by atoms with van der Waals surface area (Å²) in [6, 6.07) is 31.3. The summed E-state index contributed by atoms with van der Waals surface area (Å²) in [5, 5.41) is 2.82. The van der Waals surface area contributed by atoms with Crippen LogP contribution in [-0.4, -0.2) is 14.3 Å². The molecule has 0 heterocycles. The molecule has 1 amide bonds. The van der Waals surface area contributed by atoms with E-state index in [1.807, 2.05) is 30.3 Å². The first-order chi connectivity index (χ1) is 16.0. The van der Waals surface area contributed by atoms with Crippen molar-refractivity contribution in [1.82, 2.24) is 0 Å². The Morgan fingerprint density at radius 3 is 1.91 bits per heavy atom. The Morgan fingerprint density at radius 1 is 0.697 bits per heavy atom. The maximum Gasteiger partial charge on any atom is 0.261 e. The highest BCUT2D eigenvalue weighted by Gasteiger charge is 2.14. The molecule has 166 valence electrons. The van der Waals surface area contributed by atoms with Crippen molar-refractivity contribution >= 4 is 27.3 Å². The van der Waals surface area contributed by atoms with E-state index >= 15 is 0 Å². The van der Waals surface area contributed by atoms with Gasteiger partial charge >= 0.3 is 0 Å². The molecule has 4 aromatic carbocycles. The normalized spacial score (nSPS) is 10.9. The second kappa shape index (κ2) is 10.0. The third-order valence-corrected chi connectivity index (χ3v) is 6.21. The number of rotatable bonds is 8. The number of hydrogen-bond donors (Lipinski definition) is 2. The second-order valence-corrected chi connectivity index (χ2v) is 8.93. The molecular formula is C26H22N2O4S. The number of ether oxygens (including phenoxy) is 1. The van der Waals surface area contributed by atoms with E-state index in [0.717, 1.165) is 5.56 Å². The van der Waals surface area contributed by atoms with Gasteiger partial charge in [0.25, 0.3) is 15.9 Å². The molecule has 0 aliphatic carbocycles. The molecule has 0 fully saturated rings. The van der Waals surface area contributed by atoms with E-state index in [1.54, 1.807) is 66.7 Å². The maximum absolute atomic E-state index is 12.5. The molecule has 0 atom stereocenters. The predicted molar refractivity (Wildman–Crippen MR) is 129 cm³/mol. The molecule has 4 aromatic rings. The van der Waals surface area contributed by atoms with Gasteiger partial charge in [-0.05, 0) is 66.2 Å². The minimum atomic E-state index is -3.68. The van der Waals surface area contributed by atoms with Crippen LogP contribution in [0.1, 0.15) is 15.9 Å². The number of sulfonamides is 1. The van der Waals surface area contributed by atoms with Crippen LogP contribution < -0.4 is 14.8 Å². The average molecular weight is 459 g/mol. The van der Waals surface area contributed by atoms with E-state index in [4.69, 9.17) is 4.74 Å². The van der Waals surface area contributed by atoms with Gasteiger partial charge in [0.2, 0.25) is 0 Å². The van der Waals surface area contributed by atoms with Crippen LogP contribution in [-0.2, 0) is 16.6 Å². The monoisotopic (exact) mass is 458 g/mol. The van der Waals surface area contributed by atoms with Crippen LogP contribution in [0.2, 0.25) is 0 Å². The summed E-state index contributed by atoms with van der Waals surface area (Å²) in [5.41, 5.74) is 2.47. The van der Waals surface area contributed by atoms with Gasteiger partial charge in [0.15, 0.2) is 0 Å². The molecule has 0 saturated carbocycles. The van der Waals surface area contributed by atoms with Crippen molar-refractivity contribution in [3.05, 3.63) is 120 Å². The Labute approximate surface area is 192 Å². The molecule has 6 nitrogen and oxygen atoms in total. The number of carbonyl (C=O) groups is 1.